The molecule has 26 heavy (non-hydrogen) atoms. The number of amides is 1. The van der Waals surface area contributed by atoms with Gasteiger partial charge in [-0.15, -0.1) is 0 Å². The highest BCUT2D eigenvalue weighted by molar-refractivity contribution is 6.36. The second kappa shape index (κ2) is 8.65. The van der Waals surface area contributed by atoms with Crippen LogP contribution in [0.1, 0.15) is 15.9 Å². The van der Waals surface area contributed by atoms with Gasteiger partial charge < -0.3 is 10.6 Å². The lowest BCUT2D eigenvalue weighted by Gasteiger charge is -2.08. The van der Waals surface area contributed by atoms with Crippen molar-refractivity contribution < 1.29 is 4.79 Å². The number of rotatable bonds is 6. The number of anilines is 2. The van der Waals surface area contributed by atoms with Crippen molar-refractivity contribution >= 4 is 40.7 Å². The van der Waals surface area contributed by atoms with Gasteiger partial charge in [0.25, 0.3) is 5.91 Å². The Bertz CT molecular complexity index is 886. The molecule has 2 aromatic carbocycles. The second-order valence-electron chi connectivity index (χ2n) is 5.54. The van der Waals surface area contributed by atoms with Crippen LogP contribution < -0.4 is 10.6 Å². The largest absolute Gasteiger partial charge is 0.352 e. The molecule has 0 radical (unpaired) electrons. The molecule has 0 spiro atoms. The van der Waals surface area contributed by atoms with Gasteiger partial charge in [-0.1, -0.05) is 53.5 Å². The molecule has 0 aliphatic rings. The Morgan fingerprint density at radius 3 is 2.42 bits per heavy atom. The predicted molar refractivity (Wildman–Crippen MR) is 104 cm³/mol. The van der Waals surface area contributed by atoms with Crippen molar-refractivity contribution in [1.82, 2.24) is 15.3 Å². The Labute approximate surface area is 161 Å². The van der Waals surface area contributed by atoms with Gasteiger partial charge in [-0.25, -0.2) is 9.97 Å². The zero-order valence-corrected chi connectivity index (χ0v) is 15.3. The van der Waals surface area contributed by atoms with E-state index in [0.717, 1.165) is 6.42 Å². The molecular weight excluding hydrogens is 371 g/mol. The molecule has 1 aromatic heterocycles. The number of carbonyl (C=O) groups is 1. The lowest BCUT2D eigenvalue weighted by Crippen LogP contribution is -2.26. The first kappa shape index (κ1) is 18.2. The summed E-state index contributed by atoms with van der Waals surface area (Å²) < 4.78 is 0. The van der Waals surface area contributed by atoms with Crippen LogP contribution in [0.5, 0.6) is 0 Å². The van der Waals surface area contributed by atoms with E-state index in [4.69, 9.17) is 23.2 Å². The van der Waals surface area contributed by atoms with Crippen molar-refractivity contribution in [3.63, 3.8) is 0 Å². The zero-order chi connectivity index (χ0) is 18.4. The van der Waals surface area contributed by atoms with Gasteiger partial charge in [0.1, 0.15) is 0 Å². The van der Waals surface area contributed by atoms with Gasteiger partial charge in [0.15, 0.2) is 0 Å². The molecule has 0 unspecified atom stereocenters. The fourth-order valence-corrected chi connectivity index (χ4v) is 2.74. The molecular formula is C19H16Cl2N4O. The highest BCUT2D eigenvalue weighted by Gasteiger charge is 2.08. The van der Waals surface area contributed by atoms with Gasteiger partial charge in [-0.2, -0.15) is 0 Å². The van der Waals surface area contributed by atoms with E-state index in [0.29, 0.717) is 33.8 Å². The van der Waals surface area contributed by atoms with E-state index in [1.807, 2.05) is 30.3 Å². The summed E-state index contributed by atoms with van der Waals surface area (Å²) in [4.78, 5) is 20.4. The van der Waals surface area contributed by atoms with E-state index in [-0.39, 0.29) is 5.91 Å². The average molecular weight is 387 g/mol. The number of aromatic nitrogens is 2. The maximum absolute atomic E-state index is 12.1. The molecule has 0 saturated carbocycles. The molecule has 7 heteroatoms. The van der Waals surface area contributed by atoms with Crippen molar-refractivity contribution in [2.24, 2.45) is 0 Å². The summed E-state index contributed by atoms with van der Waals surface area (Å²) in [7, 11) is 0. The third-order valence-electron chi connectivity index (χ3n) is 3.63. The van der Waals surface area contributed by atoms with Crippen LogP contribution in [0.4, 0.5) is 11.6 Å². The minimum atomic E-state index is -0.211. The topological polar surface area (TPSA) is 66.9 Å². The molecule has 0 fully saturated rings. The van der Waals surface area contributed by atoms with E-state index in [1.165, 1.54) is 18.0 Å². The van der Waals surface area contributed by atoms with Crippen molar-refractivity contribution in [3.05, 3.63) is 82.1 Å². The van der Waals surface area contributed by atoms with Crippen LogP contribution in [0.25, 0.3) is 0 Å². The Kier molecular flexibility index (Phi) is 6.04. The molecule has 0 bridgehead atoms. The predicted octanol–water partition coefficient (Wildman–Crippen LogP) is 4.50. The van der Waals surface area contributed by atoms with Gasteiger partial charge in [-0.3, -0.25) is 4.79 Å². The summed E-state index contributed by atoms with van der Waals surface area (Å²) in [5.74, 6) is 0.132. The van der Waals surface area contributed by atoms with E-state index in [9.17, 15) is 4.79 Å². The van der Waals surface area contributed by atoms with Crippen LogP contribution in [-0.2, 0) is 6.42 Å². The van der Waals surface area contributed by atoms with Crippen molar-refractivity contribution in [2.75, 3.05) is 11.9 Å². The third kappa shape index (κ3) is 4.94. The van der Waals surface area contributed by atoms with E-state index in [1.54, 1.807) is 18.2 Å². The van der Waals surface area contributed by atoms with Gasteiger partial charge in [0.05, 0.1) is 16.3 Å². The maximum Gasteiger partial charge on any atom is 0.254 e. The Morgan fingerprint density at radius 1 is 1.00 bits per heavy atom. The van der Waals surface area contributed by atoms with Crippen LogP contribution >= 0.6 is 23.2 Å². The highest BCUT2D eigenvalue weighted by atomic mass is 35.5. The highest BCUT2D eigenvalue weighted by Crippen LogP contribution is 2.27. The zero-order valence-electron chi connectivity index (χ0n) is 13.7. The monoisotopic (exact) mass is 386 g/mol. The second-order valence-corrected chi connectivity index (χ2v) is 6.38. The van der Waals surface area contributed by atoms with Crippen molar-refractivity contribution in [3.8, 4) is 0 Å². The Hall–Kier alpha value is -2.63. The van der Waals surface area contributed by atoms with E-state index >= 15 is 0 Å². The summed E-state index contributed by atoms with van der Waals surface area (Å²) in [6, 6.07) is 15.0. The molecule has 0 aliphatic carbocycles. The summed E-state index contributed by atoms with van der Waals surface area (Å²) >= 11 is 12.0. The number of hydrogen-bond donors (Lipinski definition) is 2. The first-order chi connectivity index (χ1) is 12.6. The molecule has 0 saturated heterocycles. The lowest BCUT2D eigenvalue weighted by molar-refractivity contribution is 0.0953. The lowest BCUT2D eigenvalue weighted by atomic mass is 10.1. The van der Waals surface area contributed by atoms with Crippen LogP contribution in [0.15, 0.2) is 60.9 Å². The smallest absolute Gasteiger partial charge is 0.254 e. The molecule has 3 rings (SSSR count). The average Bonchev–Trinajstić information content (AvgIpc) is 2.65. The fourth-order valence-electron chi connectivity index (χ4n) is 2.29. The van der Waals surface area contributed by atoms with Crippen molar-refractivity contribution in [2.45, 2.75) is 6.42 Å². The van der Waals surface area contributed by atoms with E-state index < -0.39 is 0 Å². The van der Waals surface area contributed by atoms with Gasteiger partial charge >= 0.3 is 0 Å². The normalized spacial score (nSPS) is 10.4. The summed E-state index contributed by atoms with van der Waals surface area (Å²) in [5, 5.41) is 6.85. The molecule has 1 heterocycles. The first-order valence-corrected chi connectivity index (χ1v) is 8.73. The summed E-state index contributed by atoms with van der Waals surface area (Å²) in [5.41, 5.74) is 2.20. The van der Waals surface area contributed by atoms with Gasteiger partial charge in [0, 0.05) is 24.0 Å². The molecule has 132 valence electrons. The van der Waals surface area contributed by atoms with Crippen LogP contribution in [0, 0.1) is 0 Å². The number of nitrogens with zero attached hydrogens (tertiary/aromatic N) is 2. The van der Waals surface area contributed by atoms with Gasteiger partial charge in [-0.05, 0) is 30.2 Å². The van der Waals surface area contributed by atoms with E-state index in [2.05, 4.69) is 20.6 Å². The first-order valence-electron chi connectivity index (χ1n) is 7.98. The molecule has 2 N–H and O–H groups in total. The standard InChI is InChI=1S/C19H16Cl2N4O/c20-15-6-7-17(16(21)10-15)25-19-23-11-14(12-24-19)18(26)22-9-8-13-4-2-1-3-5-13/h1-7,10-12H,8-9H2,(H,22,26)(H,23,24,25). The SMILES string of the molecule is O=C(NCCc1ccccc1)c1cnc(Nc2ccc(Cl)cc2Cl)nc1. The van der Waals surface area contributed by atoms with Crippen molar-refractivity contribution in [1.29, 1.82) is 0 Å². The van der Waals surface area contributed by atoms with Gasteiger partial charge in [0.2, 0.25) is 5.95 Å². The maximum atomic E-state index is 12.1. The molecule has 1 amide bonds. The number of hydrogen-bond acceptors (Lipinski definition) is 4. The Morgan fingerprint density at radius 2 is 1.73 bits per heavy atom. The number of nitrogens with one attached hydrogen (secondary N) is 2. The summed E-state index contributed by atoms with van der Waals surface area (Å²) in [6.45, 7) is 0.545. The Balaban J connectivity index is 1.55. The molecule has 3 aromatic rings. The van der Waals surface area contributed by atoms with Crippen LogP contribution in [0.2, 0.25) is 10.0 Å². The minimum Gasteiger partial charge on any atom is -0.352 e. The third-order valence-corrected chi connectivity index (χ3v) is 4.18. The number of carbonyl (C=O) groups excluding carboxylic acids is 1. The fraction of sp³-hybridized carbons (Fsp3) is 0.105. The molecule has 0 atom stereocenters. The quantitative estimate of drug-likeness (QED) is 0.654. The molecule has 5 nitrogen and oxygen atoms in total. The summed E-state index contributed by atoms with van der Waals surface area (Å²) in [6.07, 6.45) is 3.70. The minimum absolute atomic E-state index is 0.211. The molecule has 0 aliphatic heterocycles. The van der Waals surface area contributed by atoms with Crippen LogP contribution in [-0.4, -0.2) is 22.4 Å². The number of halogens is 2. The van der Waals surface area contributed by atoms with Crippen LogP contribution in [0.3, 0.4) is 0 Å². The number of benzene rings is 2.